The van der Waals surface area contributed by atoms with E-state index < -0.39 is 4.92 Å². The zero-order chi connectivity index (χ0) is 14.1. The van der Waals surface area contributed by atoms with Crippen LogP contribution in [-0.2, 0) is 0 Å². The number of rotatable bonds is 4. The number of aromatic nitrogens is 2. The molecule has 2 heterocycles. The van der Waals surface area contributed by atoms with Crippen LogP contribution in [0.2, 0.25) is 0 Å². The molecule has 0 aliphatic heterocycles. The molecule has 0 saturated carbocycles. The molecule has 1 unspecified atom stereocenters. The van der Waals surface area contributed by atoms with Gasteiger partial charge in [0.05, 0.1) is 0 Å². The number of thiazole rings is 1. The number of hydrogen-bond acceptors (Lipinski definition) is 5. The molecule has 0 amide bonds. The second-order valence-corrected chi connectivity index (χ2v) is 5.10. The summed E-state index contributed by atoms with van der Waals surface area (Å²) in [5.41, 5.74) is 0.943. The summed E-state index contributed by atoms with van der Waals surface area (Å²) in [5, 5.41) is 12.9. The van der Waals surface area contributed by atoms with E-state index in [1.165, 1.54) is 15.7 Å². The van der Waals surface area contributed by atoms with Crippen LogP contribution < -0.4 is 4.74 Å². The lowest BCUT2D eigenvalue weighted by Crippen LogP contribution is -2.05. The van der Waals surface area contributed by atoms with Crippen LogP contribution in [0.3, 0.4) is 0 Å². The lowest BCUT2D eigenvalue weighted by molar-refractivity contribution is -0.391. The van der Waals surface area contributed by atoms with Gasteiger partial charge >= 0.3 is 11.7 Å². The number of fused-ring (bicyclic) bond motifs is 1. The number of nitro groups is 1. The lowest BCUT2D eigenvalue weighted by atomic mass is 10.1. The van der Waals surface area contributed by atoms with Crippen molar-refractivity contribution in [3.63, 3.8) is 0 Å². The van der Waals surface area contributed by atoms with Gasteiger partial charge in [-0.1, -0.05) is 41.7 Å². The molecule has 6 nitrogen and oxygen atoms in total. The Kier molecular flexibility index (Phi) is 3.11. The minimum atomic E-state index is -0.472. The summed E-state index contributed by atoms with van der Waals surface area (Å²) in [6.45, 7) is 1.84. The molecule has 2 aromatic heterocycles. The Hall–Kier alpha value is -2.41. The first kappa shape index (κ1) is 12.6. The van der Waals surface area contributed by atoms with Gasteiger partial charge in [-0.15, -0.1) is 0 Å². The Morgan fingerprint density at radius 2 is 2.15 bits per heavy atom. The van der Waals surface area contributed by atoms with Gasteiger partial charge < -0.3 is 14.9 Å². The van der Waals surface area contributed by atoms with Crippen molar-refractivity contribution in [1.82, 2.24) is 9.38 Å². The van der Waals surface area contributed by atoms with Gasteiger partial charge in [-0.2, -0.15) is 9.38 Å². The van der Waals surface area contributed by atoms with Crippen LogP contribution in [0.4, 0.5) is 5.82 Å². The fourth-order valence-electron chi connectivity index (χ4n) is 1.96. The maximum Gasteiger partial charge on any atom is 0.393 e. The van der Waals surface area contributed by atoms with Crippen LogP contribution in [-0.4, -0.2) is 14.3 Å². The van der Waals surface area contributed by atoms with Crippen LogP contribution in [0.25, 0.3) is 4.96 Å². The van der Waals surface area contributed by atoms with E-state index >= 15 is 0 Å². The molecular formula is C13H11N3O3S. The minimum absolute atomic E-state index is 0.0539. The summed E-state index contributed by atoms with van der Waals surface area (Å²) in [5.74, 6) is -0.0813. The fraction of sp³-hybridized carbons (Fsp3) is 0.154. The topological polar surface area (TPSA) is 69.7 Å². The quantitative estimate of drug-likeness (QED) is 0.545. The molecule has 102 valence electrons. The Labute approximate surface area is 118 Å². The molecule has 0 radical (unpaired) electrons. The first-order valence-electron chi connectivity index (χ1n) is 5.98. The Morgan fingerprint density at radius 3 is 2.85 bits per heavy atom. The van der Waals surface area contributed by atoms with Crippen molar-refractivity contribution in [2.45, 2.75) is 13.0 Å². The Morgan fingerprint density at radius 1 is 1.40 bits per heavy atom. The van der Waals surface area contributed by atoms with Gasteiger partial charge in [0.15, 0.2) is 0 Å². The van der Waals surface area contributed by atoms with E-state index in [1.54, 1.807) is 11.6 Å². The third-order valence-electron chi connectivity index (χ3n) is 2.94. The van der Waals surface area contributed by atoms with Crippen molar-refractivity contribution in [2.75, 3.05) is 0 Å². The first-order chi connectivity index (χ1) is 9.66. The predicted molar refractivity (Wildman–Crippen MR) is 75.2 cm³/mol. The molecule has 0 saturated heterocycles. The highest BCUT2D eigenvalue weighted by atomic mass is 32.1. The van der Waals surface area contributed by atoms with Gasteiger partial charge in [0.25, 0.3) is 4.96 Å². The number of ether oxygens (including phenoxy) is 1. The summed E-state index contributed by atoms with van der Waals surface area (Å²) in [6.07, 6.45) is 1.31. The summed E-state index contributed by atoms with van der Waals surface area (Å²) >= 11 is 1.33. The highest BCUT2D eigenvalue weighted by molar-refractivity contribution is 7.15. The monoisotopic (exact) mass is 289 g/mol. The zero-order valence-corrected chi connectivity index (χ0v) is 11.4. The van der Waals surface area contributed by atoms with Gasteiger partial charge in [0, 0.05) is 5.38 Å². The smallest absolute Gasteiger partial charge is 0.393 e. The van der Waals surface area contributed by atoms with Crippen LogP contribution >= 0.6 is 11.3 Å². The third kappa shape index (κ3) is 2.12. The first-order valence-corrected chi connectivity index (χ1v) is 6.86. The van der Waals surface area contributed by atoms with Gasteiger partial charge in [0.1, 0.15) is 12.3 Å². The van der Waals surface area contributed by atoms with E-state index in [9.17, 15) is 10.1 Å². The zero-order valence-electron chi connectivity index (χ0n) is 10.6. The molecule has 0 bridgehead atoms. The third-order valence-corrected chi connectivity index (χ3v) is 3.69. The van der Waals surface area contributed by atoms with Gasteiger partial charge in [-0.3, -0.25) is 0 Å². The Bertz CT molecular complexity index is 751. The summed E-state index contributed by atoms with van der Waals surface area (Å²) in [4.78, 5) is 15.4. The highest BCUT2D eigenvalue weighted by Gasteiger charge is 2.26. The Balaban J connectivity index is 1.96. The number of imidazole rings is 1. The number of benzene rings is 1. The molecule has 0 fully saturated rings. The fourth-order valence-corrected chi connectivity index (χ4v) is 2.66. The maximum atomic E-state index is 11.2. The van der Waals surface area contributed by atoms with Crippen LogP contribution in [0.15, 0.2) is 41.9 Å². The predicted octanol–water partition coefficient (Wildman–Crippen LogP) is 3.44. The van der Waals surface area contributed by atoms with Gasteiger partial charge in [0.2, 0.25) is 0 Å². The van der Waals surface area contributed by atoms with Crippen molar-refractivity contribution in [2.24, 2.45) is 0 Å². The van der Waals surface area contributed by atoms with Crippen molar-refractivity contribution in [3.05, 3.63) is 57.6 Å². The molecule has 0 aliphatic rings. The van der Waals surface area contributed by atoms with Crippen LogP contribution in [0.5, 0.6) is 5.88 Å². The average Bonchev–Trinajstić information content (AvgIpc) is 2.99. The van der Waals surface area contributed by atoms with Crippen molar-refractivity contribution in [3.8, 4) is 5.88 Å². The molecule has 20 heavy (non-hydrogen) atoms. The summed E-state index contributed by atoms with van der Waals surface area (Å²) in [6, 6.07) is 9.53. The normalized spacial score (nSPS) is 12.4. The summed E-state index contributed by atoms with van der Waals surface area (Å²) < 4.78 is 7.10. The van der Waals surface area contributed by atoms with E-state index in [4.69, 9.17) is 4.74 Å². The maximum absolute atomic E-state index is 11.2. The number of nitrogens with zero attached hydrogens (tertiary/aromatic N) is 3. The van der Waals surface area contributed by atoms with E-state index in [2.05, 4.69) is 4.98 Å². The molecule has 0 spiro atoms. The van der Waals surface area contributed by atoms with E-state index in [0.29, 0.717) is 4.96 Å². The molecule has 1 aromatic carbocycles. The molecule has 7 heteroatoms. The van der Waals surface area contributed by atoms with Crippen molar-refractivity contribution < 1.29 is 9.66 Å². The average molecular weight is 289 g/mol. The second kappa shape index (κ2) is 4.93. The van der Waals surface area contributed by atoms with Crippen molar-refractivity contribution in [1.29, 1.82) is 0 Å². The molecule has 1 atom stereocenters. The standard InChI is InChI=1S/C13H11N3O3S/c1-9(10-5-3-2-4-6-10)19-11-12(16(17)18)15-7-8-20-13(15)14-11/h2-9H,1H3. The minimum Gasteiger partial charge on any atom is -0.464 e. The molecule has 0 N–H and O–H groups in total. The SMILES string of the molecule is CC(Oc1nc2sccn2c1[N+](=O)[O-])c1ccccc1. The van der Waals surface area contributed by atoms with E-state index in [0.717, 1.165) is 5.56 Å². The van der Waals surface area contributed by atoms with E-state index in [1.807, 2.05) is 37.3 Å². The van der Waals surface area contributed by atoms with Gasteiger partial charge in [-0.05, 0) is 17.4 Å². The van der Waals surface area contributed by atoms with E-state index in [-0.39, 0.29) is 17.8 Å². The highest BCUT2D eigenvalue weighted by Crippen LogP contribution is 2.32. The number of hydrogen-bond donors (Lipinski definition) is 0. The molecule has 0 aliphatic carbocycles. The molecule has 3 rings (SSSR count). The molecular weight excluding hydrogens is 278 g/mol. The second-order valence-electron chi connectivity index (χ2n) is 4.22. The van der Waals surface area contributed by atoms with Crippen LogP contribution in [0.1, 0.15) is 18.6 Å². The lowest BCUT2D eigenvalue weighted by Gasteiger charge is -2.12. The summed E-state index contributed by atoms with van der Waals surface area (Å²) in [7, 11) is 0. The van der Waals surface area contributed by atoms with Crippen LogP contribution in [0, 0.1) is 10.1 Å². The largest absolute Gasteiger partial charge is 0.464 e. The van der Waals surface area contributed by atoms with Gasteiger partial charge in [-0.25, -0.2) is 0 Å². The van der Waals surface area contributed by atoms with Crippen molar-refractivity contribution >= 4 is 22.1 Å². The molecule has 3 aromatic rings.